The first-order valence-corrected chi connectivity index (χ1v) is 24.6. The van der Waals surface area contributed by atoms with Gasteiger partial charge in [-0.05, 0) is 80.6 Å². The number of aliphatic hydroxyl groups excluding tert-OH is 2. The number of fused-ring (bicyclic) bond motifs is 2. The second-order valence-electron chi connectivity index (χ2n) is 17.6. The highest BCUT2D eigenvalue weighted by Crippen LogP contribution is 2.62. The summed E-state index contributed by atoms with van der Waals surface area (Å²) in [5.74, 6) is -1.09. The number of benzene rings is 1. The van der Waals surface area contributed by atoms with Crippen molar-refractivity contribution in [2.75, 3.05) is 52.5 Å². The van der Waals surface area contributed by atoms with Crippen LogP contribution in [0.2, 0.25) is 0 Å². The zero-order valence-electron chi connectivity index (χ0n) is 38.1. The van der Waals surface area contributed by atoms with Crippen LogP contribution in [0.15, 0.2) is 47.7 Å². The summed E-state index contributed by atoms with van der Waals surface area (Å²) in [5.41, 5.74) is 2.41. The molecule has 1 saturated carbocycles. The van der Waals surface area contributed by atoms with Gasteiger partial charge in [0.15, 0.2) is 0 Å². The molecule has 13 nitrogen and oxygen atoms in total. The van der Waals surface area contributed by atoms with Gasteiger partial charge in [-0.3, -0.25) is 0 Å². The molecule has 0 bridgehead atoms. The average Bonchev–Trinajstić information content (AvgIpc) is 3.29. The number of nitrogens with zero attached hydrogens (tertiary/aromatic N) is 2. The molecular weight excluding hydrogens is 826 g/mol. The fraction of sp³-hybridized carbons (Fsp3) is 0.735. The Kier molecular flexibility index (Phi) is 21.9. The number of amides is 2. The Morgan fingerprint density at radius 1 is 1.00 bits per heavy atom. The molecule has 1 saturated heterocycles. The van der Waals surface area contributed by atoms with Crippen LogP contribution in [0.5, 0.6) is 11.5 Å². The minimum Gasteiger partial charge on any atom is -0.459 e. The minimum absolute atomic E-state index is 0.00914. The van der Waals surface area contributed by atoms with Gasteiger partial charge in [-0.1, -0.05) is 94.9 Å². The molecule has 1 unspecified atom stereocenters. The first-order chi connectivity index (χ1) is 30.8. The molecule has 0 spiro atoms. The molecule has 14 heteroatoms. The molecule has 0 radical (unpaired) electrons. The van der Waals surface area contributed by atoms with E-state index in [0.29, 0.717) is 49.6 Å². The lowest BCUT2D eigenvalue weighted by molar-refractivity contribution is -0.254. The van der Waals surface area contributed by atoms with E-state index in [1.54, 1.807) is 19.2 Å². The van der Waals surface area contributed by atoms with E-state index in [2.05, 4.69) is 24.9 Å². The normalized spacial score (nSPS) is 25.5. The number of alkyl halides is 1. The number of unbranched alkanes of at least 4 members (excludes halogenated alkanes) is 11. The van der Waals surface area contributed by atoms with E-state index in [1.807, 2.05) is 12.1 Å². The van der Waals surface area contributed by atoms with Crippen molar-refractivity contribution in [3.8, 4) is 11.5 Å². The molecule has 2 aliphatic carbocycles. The summed E-state index contributed by atoms with van der Waals surface area (Å²) in [4.78, 5) is 34.7. The maximum Gasteiger partial charge on any atom is 0.412 e. The Balaban J connectivity index is 1.51. The van der Waals surface area contributed by atoms with Gasteiger partial charge in [-0.2, -0.15) is 0 Å². The van der Waals surface area contributed by atoms with Gasteiger partial charge in [0.2, 0.25) is 12.1 Å². The summed E-state index contributed by atoms with van der Waals surface area (Å²) in [7, 11) is 1.68. The summed E-state index contributed by atoms with van der Waals surface area (Å²) in [6, 6.07) is 4.73. The largest absolute Gasteiger partial charge is 0.459 e. The van der Waals surface area contributed by atoms with Crippen LogP contribution >= 0.6 is 11.6 Å². The van der Waals surface area contributed by atoms with E-state index in [-0.39, 0.29) is 56.5 Å². The first-order valence-electron chi connectivity index (χ1n) is 24.1. The second-order valence-corrected chi connectivity index (χ2v) is 18.0. The van der Waals surface area contributed by atoms with E-state index in [1.165, 1.54) is 49.8 Å². The third-order valence-corrected chi connectivity index (χ3v) is 13.3. The van der Waals surface area contributed by atoms with Crippen molar-refractivity contribution < 1.29 is 48.3 Å². The average molecular weight is 903 g/mol. The lowest BCUT2D eigenvalue weighted by atomic mass is 9.55. The Labute approximate surface area is 381 Å². The van der Waals surface area contributed by atoms with Crippen LogP contribution in [0.4, 0.5) is 9.59 Å². The van der Waals surface area contributed by atoms with Crippen molar-refractivity contribution in [2.45, 2.75) is 159 Å². The first kappa shape index (κ1) is 50.6. The Bertz CT molecular complexity index is 1620. The van der Waals surface area contributed by atoms with Crippen molar-refractivity contribution in [1.29, 1.82) is 0 Å². The number of rotatable bonds is 28. The van der Waals surface area contributed by atoms with Crippen molar-refractivity contribution in [3.63, 3.8) is 0 Å². The summed E-state index contributed by atoms with van der Waals surface area (Å²) in [6.07, 6.45) is 21.8. The standard InChI is InChI=1S/C49H76ClN3O10/c1-4-6-7-8-9-10-11-12-13-17-27-51-47(56)61-37-24-25-42-40(34-37)45-38(22-15-19-29-55)36(21-14-18-28-54)33-39-41(52-63-44-23-16-20-31-58-44)35-43(53(3)48(57)59-32-26-50)49(62-42,46(39)45)60-30-5-2/h5,24-25,33-34,36,38,43-46,54-55H,2,4,6-23,26-32,35H2,1,3H3,(H,51,56)/t36-,38+,43-,44?,45+,46+,49+/m0/s1. The topological polar surface area (TPSA) is 158 Å². The van der Waals surface area contributed by atoms with Crippen molar-refractivity contribution >= 4 is 29.5 Å². The number of oxime groups is 1. The number of ether oxygens (including phenoxy) is 5. The van der Waals surface area contributed by atoms with Crippen molar-refractivity contribution in [3.05, 3.63) is 48.1 Å². The molecular formula is C49H76ClN3O10. The lowest BCUT2D eigenvalue weighted by Gasteiger charge is -2.59. The summed E-state index contributed by atoms with van der Waals surface area (Å²) < 4.78 is 31.6. The zero-order valence-corrected chi connectivity index (χ0v) is 38.8. The molecule has 7 atom stereocenters. The molecule has 3 N–H and O–H groups in total. The Morgan fingerprint density at radius 2 is 1.73 bits per heavy atom. The lowest BCUT2D eigenvalue weighted by Crippen LogP contribution is -2.69. The molecule has 0 aromatic heterocycles. The number of nitrogens with one attached hydrogen (secondary N) is 1. The maximum atomic E-state index is 13.8. The molecule has 5 rings (SSSR count). The number of hydrogen-bond donors (Lipinski definition) is 3. The smallest absolute Gasteiger partial charge is 0.412 e. The number of aliphatic hydroxyl groups is 2. The highest BCUT2D eigenvalue weighted by atomic mass is 35.5. The predicted octanol–water partition coefficient (Wildman–Crippen LogP) is 10.2. The number of carbonyl (C=O) groups excluding carboxylic acids is 2. The van der Waals surface area contributed by atoms with Crippen LogP contribution in [0.3, 0.4) is 0 Å². The fourth-order valence-corrected chi connectivity index (χ4v) is 10.1. The van der Waals surface area contributed by atoms with Gasteiger partial charge in [0.1, 0.15) is 24.1 Å². The van der Waals surface area contributed by atoms with Crippen LogP contribution in [0, 0.1) is 17.8 Å². The van der Waals surface area contributed by atoms with Gasteiger partial charge in [0.25, 0.3) is 0 Å². The van der Waals surface area contributed by atoms with Gasteiger partial charge in [-0.15, -0.1) is 18.2 Å². The SMILES string of the molecule is C=CCO[C@@]12Oc3ccc(OC(=O)NCCCCCCCCCCCC)cc3[C@H]3[C@H](CCCCO)[C@@H](CCCCO)C=C(C(=NOC4CCCCO4)C[C@@H]1N(C)C(=O)OCCCl)[C@H]32. The molecule has 2 heterocycles. The molecule has 2 amide bonds. The summed E-state index contributed by atoms with van der Waals surface area (Å²) in [6.45, 7) is 7.67. The number of allylic oxidation sites excluding steroid dienone is 1. The summed E-state index contributed by atoms with van der Waals surface area (Å²) in [5, 5.41) is 27.6. The third kappa shape index (κ3) is 14.1. The van der Waals surface area contributed by atoms with Gasteiger partial charge in [0, 0.05) is 51.1 Å². The van der Waals surface area contributed by atoms with E-state index in [9.17, 15) is 19.8 Å². The predicted molar refractivity (Wildman–Crippen MR) is 245 cm³/mol. The highest BCUT2D eigenvalue weighted by Gasteiger charge is 2.65. The molecule has 1 aromatic rings. The molecule has 2 fully saturated rings. The molecule has 63 heavy (non-hydrogen) atoms. The Hall–Kier alpha value is -3.36. The number of halogens is 1. The molecule has 4 aliphatic rings. The highest BCUT2D eigenvalue weighted by molar-refractivity contribution is 6.18. The van der Waals surface area contributed by atoms with Crippen LogP contribution in [0.1, 0.15) is 147 Å². The second kappa shape index (κ2) is 27.2. The number of likely N-dealkylation sites (N-methyl/N-ethyl adjacent to an activating group) is 1. The number of carbonyl (C=O) groups is 2. The summed E-state index contributed by atoms with van der Waals surface area (Å²) >= 11 is 5.97. The van der Waals surface area contributed by atoms with E-state index in [0.717, 1.165) is 68.9 Å². The van der Waals surface area contributed by atoms with Crippen molar-refractivity contribution in [2.24, 2.45) is 22.9 Å². The zero-order chi connectivity index (χ0) is 44.9. The Morgan fingerprint density at radius 3 is 2.41 bits per heavy atom. The quantitative estimate of drug-likeness (QED) is 0.0320. The van der Waals surface area contributed by atoms with Crippen LogP contribution in [-0.4, -0.2) is 104 Å². The molecule has 354 valence electrons. The van der Waals surface area contributed by atoms with Crippen LogP contribution < -0.4 is 14.8 Å². The van der Waals surface area contributed by atoms with E-state index < -0.39 is 36.2 Å². The van der Waals surface area contributed by atoms with E-state index in [4.69, 9.17) is 45.3 Å². The fourth-order valence-electron chi connectivity index (χ4n) is 10.0. The minimum atomic E-state index is -1.44. The van der Waals surface area contributed by atoms with Crippen molar-refractivity contribution in [1.82, 2.24) is 10.2 Å². The third-order valence-electron chi connectivity index (χ3n) is 13.1. The van der Waals surface area contributed by atoms with E-state index >= 15 is 0 Å². The molecule has 1 aromatic carbocycles. The maximum absolute atomic E-state index is 13.8. The van der Waals surface area contributed by atoms with Gasteiger partial charge < -0.3 is 49.0 Å². The monoisotopic (exact) mass is 902 g/mol. The van der Waals surface area contributed by atoms with Gasteiger partial charge in [0.05, 0.1) is 30.7 Å². The van der Waals surface area contributed by atoms with Crippen LogP contribution in [-0.2, 0) is 19.0 Å². The van der Waals surface area contributed by atoms with Gasteiger partial charge in [-0.25, -0.2) is 9.59 Å². The molecule has 2 aliphatic heterocycles. The van der Waals surface area contributed by atoms with Crippen LogP contribution in [0.25, 0.3) is 0 Å². The number of hydrogen-bond acceptors (Lipinski definition) is 11. The van der Waals surface area contributed by atoms with Gasteiger partial charge >= 0.3 is 12.2 Å².